The maximum atomic E-state index is 12.0. The summed E-state index contributed by atoms with van der Waals surface area (Å²) in [4.78, 5) is 16.4. The molecule has 1 aromatic heterocycles. The van der Waals surface area contributed by atoms with Crippen molar-refractivity contribution in [1.82, 2.24) is 10.3 Å². The van der Waals surface area contributed by atoms with Gasteiger partial charge in [-0.1, -0.05) is 30.3 Å². The molecule has 0 spiro atoms. The zero-order valence-electron chi connectivity index (χ0n) is 11.6. The maximum Gasteiger partial charge on any atom is 0.253 e. The van der Waals surface area contributed by atoms with E-state index in [1.807, 2.05) is 43.3 Å². The van der Waals surface area contributed by atoms with Gasteiger partial charge in [-0.3, -0.25) is 9.78 Å². The summed E-state index contributed by atoms with van der Waals surface area (Å²) >= 11 is 0. The molecule has 1 amide bonds. The second-order valence-electron chi connectivity index (χ2n) is 4.75. The Morgan fingerprint density at radius 3 is 2.55 bits per heavy atom. The minimum atomic E-state index is -0.559. The van der Waals surface area contributed by atoms with Crippen LogP contribution in [-0.2, 0) is 0 Å². The highest BCUT2D eigenvalue weighted by molar-refractivity contribution is 5.95. The molecular formula is C16H18N2O2. The van der Waals surface area contributed by atoms with Gasteiger partial charge in [0.2, 0.25) is 0 Å². The smallest absolute Gasteiger partial charge is 0.253 e. The number of hydrogen-bond acceptors (Lipinski definition) is 3. The molecule has 0 aliphatic carbocycles. The first-order chi connectivity index (χ1) is 9.58. The highest BCUT2D eigenvalue weighted by Crippen LogP contribution is 2.18. The predicted molar refractivity (Wildman–Crippen MR) is 78.4 cm³/mol. The Balaban J connectivity index is 2.20. The third-order valence-electron chi connectivity index (χ3n) is 2.96. The summed E-state index contributed by atoms with van der Waals surface area (Å²) in [5.74, 6) is -0.212. The Hall–Kier alpha value is -2.20. The number of benzene rings is 1. The average molecular weight is 270 g/mol. The highest BCUT2D eigenvalue weighted by atomic mass is 16.3. The van der Waals surface area contributed by atoms with Crippen LogP contribution in [0.4, 0.5) is 0 Å². The number of amides is 1. The standard InChI is InChI=1S/C16H18N2O2/c1-11(19)10-17-16(20)14-8-9-15(18-12(14)2)13-6-4-3-5-7-13/h3-9,11,19H,10H2,1-2H3,(H,17,20). The second-order valence-corrected chi connectivity index (χ2v) is 4.75. The summed E-state index contributed by atoms with van der Waals surface area (Å²) < 4.78 is 0. The first kappa shape index (κ1) is 14.2. The number of aliphatic hydroxyl groups is 1. The highest BCUT2D eigenvalue weighted by Gasteiger charge is 2.11. The van der Waals surface area contributed by atoms with Crippen LogP contribution in [0, 0.1) is 6.92 Å². The molecule has 2 aromatic rings. The molecule has 0 aliphatic rings. The fourth-order valence-corrected chi connectivity index (χ4v) is 1.91. The molecular weight excluding hydrogens is 252 g/mol. The molecule has 0 saturated carbocycles. The number of nitrogens with one attached hydrogen (secondary N) is 1. The predicted octanol–water partition coefficient (Wildman–Crippen LogP) is 2.17. The molecule has 4 nitrogen and oxygen atoms in total. The van der Waals surface area contributed by atoms with E-state index in [2.05, 4.69) is 10.3 Å². The van der Waals surface area contributed by atoms with Crippen LogP contribution < -0.4 is 5.32 Å². The first-order valence-electron chi connectivity index (χ1n) is 6.57. The number of nitrogens with zero attached hydrogens (tertiary/aromatic N) is 1. The third kappa shape index (κ3) is 3.42. The van der Waals surface area contributed by atoms with Crippen molar-refractivity contribution in [1.29, 1.82) is 0 Å². The van der Waals surface area contributed by atoms with Gasteiger partial charge in [0.15, 0.2) is 0 Å². The average Bonchev–Trinajstić information content (AvgIpc) is 2.45. The van der Waals surface area contributed by atoms with Crippen LogP contribution >= 0.6 is 0 Å². The zero-order valence-corrected chi connectivity index (χ0v) is 11.6. The zero-order chi connectivity index (χ0) is 14.5. The van der Waals surface area contributed by atoms with Gasteiger partial charge in [0.1, 0.15) is 0 Å². The van der Waals surface area contributed by atoms with E-state index in [4.69, 9.17) is 0 Å². The molecule has 0 bridgehead atoms. The number of aliphatic hydroxyl groups excluding tert-OH is 1. The van der Waals surface area contributed by atoms with Gasteiger partial charge < -0.3 is 10.4 Å². The number of aryl methyl sites for hydroxylation is 1. The summed E-state index contributed by atoms with van der Waals surface area (Å²) in [6.07, 6.45) is -0.559. The molecule has 0 radical (unpaired) electrons. The SMILES string of the molecule is Cc1nc(-c2ccccc2)ccc1C(=O)NCC(C)O. The lowest BCUT2D eigenvalue weighted by Gasteiger charge is -2.10. The first-order valence-corrected chi connectivity index (χ1v) is 6.57. The fourth-order valence-electron chi connectivity index (χ4n) is 1.91. The van der Waals surface area contributed by atoms with Gasteiger partial charge in [0.05, 0.1) is 23.1 Å². The van der Waals surface area contributed by atoms with Crippen molar-refractivity contribution < 1.29 is 9.90 Å². The van der Waals surface area contributed by atoms with Crippen LogP contribution in [-0.4, -0.2) is 28.6 Å². The molecule has 2 rings (SSSR count). The minimum absolute atomic E-state index is 0.212. The Labute approximate surface area is 118 Å². The maximum absolute atomic E-state index is 12.0. The lowest BCUT2D eigenvalue weighted by atomic mass is 10.1. The molecule has 4 heteroatoms. The van der Waals surface area contributed by atoms with E-state index in [-0.39, 0.29) is 12.5 Å². The number of hydrogen-bond donors (Lipinski definition) is 2. The number of carbonyl (C=O) groups excluding carboxylic acids is 1. The van der Waals surface area contributed by atoms with E-state index in [1.165, 1.54) is 0 Å². The largest absolute Gasteiger partial charge is 0.392 e. The Kier molecular flexibility index (Phi) is 4.48. The Morgan fingerprint density at radius 2 is 1.95 bits per heavy atom. The molecule has 2 N–H and O–H groups in total. The lowest BCUT2D eigenvalue weighted by molar-refractivity contribution is 0.0923. The molecule has 1 atom stereocenters. The Bertz CT molecular complexity index is 595. The minimum Gasteiger partial charge on any atom is -0.392 e. The van der Waals surface area contributed by atoms with Gasteiger partial charge in [-0.2, -0.15) is 0 Å². The number of carbonyl (C=O) groups is 1. The van der Waals surface area contributed by atoms with E-state index < -0.39 is 6.10 Å². The molecule has 20 heavy (non-hydrogen) atoms. The monoisotopic (exact) mass is 270 g/mol. The van der Waals surface area contributed by atoms with Crippen LogP contribution in [0.2, 0.25) is 0 Å². The van der Waals surface area contributed by atoms with Crippen molar-refractivity contribution in [2.24, 2.45) is 0 Å². The van der Waals surface area contributed by atoms with Crippen molar-refractivity contribution in [3.63, 3.8) is 0 Å². The van der Waals surface area contributed by atoms with Crippen molar-refractivity contribution in [2.45, 2.75) is 20.0 Å². The fraction of sp³-hybridized carbons (Fsp3) is 0.250. The summed E-state index contributed by atoms with van der Waals surface area (Å²) in [6, 6.07) is 13.4. The van der Waals surface area contributed by atoms with Crippen LogP contribution in [0.3, 0.4) is 0 Å². The van der Waals surface area contributed by atoms with Crippen LogP contribution in [0.15, 0.2) is 42.5 Å². The van der Waals surface area contributed by atoms with Crippen molar-refractivity contribution >= 4 is 5.91 Å². The molecule has 1 aromatic carbocycles. The molecule has 1 unspecified atom stereocenters. The number of aromatic nitrogens is 1. The number of rotatable bonds is 4. The van der Waals surface area contributed by atoms with Gasteiger partial charge in [-0.05, 0) is 26.0 Å². The molecule has 0 fully saturated rings. The van der Waals surface area contributed by atoms with Gasteiger partial charge in [-0.25, -0.2) is 0 Å². The lowest BCUT2D eigenvalue weighted by Crippen LogP contribution is -2.31. The van der Waals surface area contributed by atoms with Crippen molar-refractivity contribution in [3.05, 3.63) is 53.7 Å². The second kappa shape index (κ2) is 6.30. The van der Waals surface area contributed by atoms with Gasteiger partial charge in [0, 0.05) is 12.1 Å². The summed E-state index contributed by atoms with van der Waals surface area (Å²) in [6.45, 7) is 3.67. The third-order valence-corrected chi connectivity index (χ3v) is 2.96. The van der Waals surface area contributed by atoms with E-state index in [9.17, 15) is 9.90 Å². The van der Waals surface area contributed by atoms with Gasteiger partial charge in [-0.15, -0.1) is 0 Å². The number of pyridine rings is 1. The van der Waals surface area contributed by atoms with E-state index in [0.717, 1.165) is 11.3 Å². The summed E-state index contributed by atoms with van der Waals surface area (Å²) in [5, 5.41) is 11.8. The van der Waals surface area contributed by atoms with Crippen LogP contribution in [0.25, 0.3) is 11.3 Å². The van der Waals surface area contributed by atoms with E-state index in [1.54, 1.807) is 13.0 Å². The van der Waals surface area contributed by atoms with Gasteiger partial charge >= 0.3 is 0 Å². The molecule has 0 saturated heterocycles. The van der Waals surface area contributed by atoms with Crippen molar-refractivity contribution in [2.75, 3.05) is 6.54 Å². The Morgan fingerprint density at radius 1 is 1.25 bits per heavy atom. The normalized spacial score (nSPS) is 11.9. The topological polar surface area (TPSA) is 62.2 Å². The van der Waals surface area contributed by atoms with Crippen molar-refractivity contribution in [3.8, 4) is 11.3 Å². The molecule has 104 valence electrons. The molecule has 0 aliphatic heterocycles. The van der Waals surface area contributed by atoms with Gasteiger partial charge in [0.25, 0.3) is 5.91 Å². The quantitative estimate of drug-likeness (QED) is 0.895. The van der Waals surface area contributed by atoms with Crippen LogP contribution in [0.1, 0.15) is 23.0 Å². The molecule has 1 heterocycles. The summed E-state index contributed by atoms with van der Waals surface area (Å²) in [7, 11) is 0. The summed E-state index contributed by atoms with van der Waals surface area (Å²) in [5.41, 5.74) is 3.07. The van der Waals surface area contributed by atoms with E-state index in [0.29, 0.717) is 11.3 Å². The van der Waals surface area contributed by atoms with Crippen LogP contribution in [0.5, 0.6) is 0 Å². The van der Waals surface area contributed by atoms with E-state index >= 15 is 0 Å².